The standard InChI is InChI=1S/C16H16BrNO2/c1-3-11-9-12(17)7-8-14(11)18-16(20)13-5-4-6-15(19)10(13)2/h4-9,19H,3H2,1-2H3,(H,18,20). The summed E-state index contributed by atoms with van der Waals surface area (Å²) in [5.74, 6) is -0.0837. The Balaban J connectivity index is 2.30. The Hall–Kier alpha value is -1.81. The van der Waals surface area contributed by atoms with Crippen molar-refractivity contribution in [3.05, 3.63) is 57.6 Å². The molecular weight excluding hydrogens is 318 g/mol. The predicted octanol–water partition coefficient (Wildman–Crippen LogP) is 4.28. The summed E-state index contributed by atoms with van der Waals surface area (Å²) < 4.78 is 0.987. The zero-order valence-electron chi connectivity index (χ0n) is 11.4. The number of carbonyl (C=O) groups excluding carboxylic acids is 1. The molecule has 2 aromatic rings. The number of halogens is 1. The van der Waals surface area contributed by atoms with Gasteiger partial charge in [0.15, 0.2) is 0 Å². The van der Waals surface area contributed by atoms with E-state index in [9.17, 15) is 9.90 Å². The first kappa shape index (κ1) is 14.6. The van der Waals surface area contributed by atoms with Gasteiger partial charge in [-0.15, -0.1) is 0 Å². The van der Waals surface area contributed by atoms with Gasteiger partial charge in [0.1, 0.15) is 5.75 Å². The first-order valence-electron chi connectivity index (χ1n) is 6.41. The molecule has 0 fully saturated rings. The number of phenolic OH excluding ortho intramolecular Hbond substituents is 1. The molecule has 4 heteroatoms. The highest BCUT2D eigenvalue weighted by Gasteiger charge is 2.13. The van der Waals surface area contributed by atoms with Gasteiger partial charge in [0.05, 0.1) is 0 Å². The SMILES string of the molecule is CCc1cc(Br)ccc1NC(=O)c1cccc(O)c1C. The Bertz CT molecular complexity index is 653. The highest BCUT2D eigenvalue weighted by Crippen LogP contribution is 2.24. The van der Waals surface area contributed by atoms with Crippen molar-refractivity contribution in [2.45, 2.75) is 20.3 Å². The molecule has 0 heterocycles. The quantitative estimate of drug-likeness (QED) is 0.880. The zero-order chi connectivity index (χ0) is 14.7. The van der Waals surface area contributed by atoms with Crippen LogP contribution in [0, 0.1) is 6.92 Å². The first-order valence-corrected chi connectivity index (χ1v) is 7.20. The molecular formula is C16H16BrNO2. The minimum absolute atomic E-state index is 0.129. The van der Waals surface area contributed by atoms with E-state index in [4.69, 9.17) is 0 Å². The average molecular weight is 334 g/mol. The van der Waals surface area contributed by atoms with E-state index < -0.39 is 0 Å². The molecule has 0 aliphatic carbocycles. The van der Waals surface area contributed by atoms with Crippen LogP contribution in [0.5, 0.6) is 5.75 Å². The fourth-order valence-corrected chi connectivity index (χ4v) is 2.44. The lowest BCUT2D eigenvalue weighted by Crippen LogP contribution is -2.14. The van der Waals surface area contributed by atoms with Gasteiger partial charge in [0.2, 0.25) is 0 Å². The smallest absolute Gasteiger partial charge is 0.256 e. The molecule has 0 radical (unpaired) electrons. The molecule has 0 aliphatic heterocycles. The van der Waals surface area contributed by atoms with Crippen molar-refractivity contribution < 1.29 is 9.90 Å². The fourth-order valence-electron chi connectivity index (χ4n) is 2.04. The lowest BCUT2D eigenvalue weighted by atomic mass is 10.1. The topological polar surface area (TPSA) is 49.3 Å². The average Bonchev–Trinajstić information content (AvgIpc) is 2.43. The molecule has 0 spiro atoms. The van der Waals surface area contributed by atoms with Crippen molar-refractivity contribution in [2.75, 3.05) is 5.32 Å². The molecule has 0 aromatic heterocycles. The van der Waals surface area contributed by atoms with E-state index in [-0.39, 0.29) is 11.7 Å². The van der Waals surface area contributed by atoms with Crippen molar-refractivity contribution >= 4 is 27.5 Å². The van der Waals surface area contributed by atoms with Crippen LogP contribution in [0.4, 0.5) is 5.69 Å². The van der Waals surface area contributed by atoms with Crippen LogP contribution in [-0.4, -0.2) is 11.0 Å². The van der Waals surface area contributed by atoms with Crippen LogP contribution in [0.25, 0.3) is 0 Å². The lowest BCUT2D eigenvalue weighted by Gasteiger charge is -2.12. The van der Waals surface area contributed by atoms with Gasteiger partial charge in [-0.25, -0.2) is 0 Å². The molecule has 2 aromatic carbocycles. The van der Waals surface area contributed by atoms with Crippen molar-refractivity contribution in [3.63, 3.8) is 0 Å². The minimum atomic E-state index is -0.213. The van der Waals surface area contributed by atoms with Crippen LogP contribution in [0.2, 0.25) is 0 Å². The number of hydrogen-bond acceptors (Lipinski definition) is 2. The highest BCUT2D eigenvalue weighted by molar-refractivity contribution is 9.10. The molecule has 2 N–H and O–H groups in total. The number of rotatable bonds is 3. The maximum absolute atomic E-state index is 12.3. The summed E-state index contributed by atoms with van der Waals surface area (Å²) in [6.07, 6.45) is 0.827. The van der Waals surface area contributed by atoms with Gasteiger partial charge in [0.25, 0.3) is 5.91 Å². The summed E-state index contributed by atoms with van der Waals surface area (Å²) in [4.78, 5) is 12.3. The minimum Gasteiger partial charge on any atom is -0.508 e. The van der Waals surface area contributed by atoms with Crippen LogP contribution in [-0.2, 0) is 6.42 Å². The fraction of sp³-hybridized carbons (Fsp3) is 0.188. The second kappa shape index (κ2) is 6.09. The first-order chi connectivity index (χ1) is 9.52. The zero-order valence-corrected chi connectivity index (χ0v) is 13.0. The Morgan fingerprint density at radius 2 is 2.05 bits per heavy atom. The van der Waals surface area contributed by atoms with E-state index in [0.29, 0.717) is 11.1 Å². The molecule has 20 heavy (non-hydrogen) atoms. The van der Waals surface area contributed by atoms with Crippen molar-refractivity contribution in [1.29, 1.82) is 0 Å². The molecule has 3 nitrogen and oxygen atoms in total. The summed E-state index contributed by atoms with van der Waals surface area (Å²) in [7, 11) is 0. The van der Waals surface area contributed by atoms with E-state index in [0.717, 1.165) is 22.1 Å². The Morgan fingerprint density at radius 3 is 2.75 bits per heavy atom. The van der Waals surface area contributed by atoms with Crippen molar-refractivity contribution in [2.24, 2.45) is 0 Å². The number of aromatic hydroxyl groups is 1. The molecule has 0 unspecified atom stereocenters. The number of anilines is 1. The third kappa shape index (κ3) is 3.02. The van der Waals surface area contributed by atoms with E-state index in [2.05, 4.69) is 21.2 Å². The maximum Gasteiger partial charge on any atom is 0.256 e. The molecule has 2 rings (SSSR count). The number of carbonyl (C=O) groups is 1. The summed E-state index contributed by atoms with van der Waals surface area (Å²) in [5.41, 5.74) is 2.92. The molecule has 1 amide bonds. The third-order valence-corrected chi connectivity index (χ3v) is 3.74. The van der Waals surface area contributed by atoms with Gasteiger partial charge in [0, 0.05) is 21.3 Å². The Kier molecular flexibility index (Phi) is 4.45. The van der Waals surface area contributed by atoms with Crippen LogP contribution < -0.4 is 5.32 Å². The summed E-state index contributed by atoms with van der Waals surface area (Å²) >= 11 is 3.42. The van der Waals surface area contributed by atoms with Crippen LogP contribution in [0.3, 0.4) is 0 Å². The maximum atomic E-state index is 12.3. The molecule has 0 saturated carbocycles. The van der Waals surface area contributed by atoms with Crippen LogP contribution in [0.1, 0.15) is 28.4 Å². The molecule has 0 aliphatic rings. The number of benzene rings is 2. The third-order valence-electron chi connectivity index (χ3n) is 3.25. The second-order valence-corrected chi connectivity index (χ2v) is 5.47. The van der Waals surface area contributed by atoms with Gasteiger partial charge in [-0.1, -0.05) is 28.9 Å². The lowest BCUT2D eigenvalue weighted by molar-refractivity contribution is 0.102. The summed E-state index contributed by atoms with van der Waals surface area (Å²) in [6, 6.07) is 10.7. The van der Waals surface area contributed by atoms with Crippen LogP contribution >= 0.6 is 15.9 Å². The van der Waals surface area contributed by atoms with E-state index in [1.165, 1.54) is 0 Å². The molecule has 0 bridgehead atoms. The van der Waals surface area contributed by atoms with Gasteiger partial charge in [-0.3, -0.25) is 4.79 Å². The predicted molar refractivity (Wildman–Crippen MR) is 84.3 cm³/mol. The van der Waals surface area contributed by atoms with Gasteiger partial charge in [-0.2, -0.15) is 0 Å². The largest absolute Gasteiger partial charge is 0.508 e. The Labute approximate surface area is 126 Å². The number of amides is 1. The number of phenols is 1. The number of nitrogens with one attached hydrogen (secondary N) is 1. The van der Waals surface area contributed by atoms with Gasteiger partial charge >= 0.3 is 0 Å². The Morgan fingerprint density at radius 1 is 1.30 bits per heavy atom. The van der Waals surface area contributed by atoms with Crippen LogP contribution in [0.15, 0.2) is 40.9 Å². The van der Waals surface area contributed by atoms with E-state index in [1.54, 1.807) is 25.1 Å². The van der Waals surface area contributed by atoms with E-state index >= 15 is 0 Å². The monoisotopic (exact) mass is 333 g/mol. The number of aryl methyl sites for hydroxylation is 1. The highest BCUT2D eigenvalue weighted by atomic mass is 79.9. The van der Waals surface area contributed by atoms with Crippen molar-refractivity contribution in [3.8, 4) is 5.75 Å². The second-order valence-electron chi connectivity index (χ2n) is 4.56. The molecule has 104 valence electrons. The van der Waals surface area contributed by atoms with E-state index in [1.807, 2.05) is 25.1 Å². The molecule has 0 saturated heterocycles. The normalized spacial score (nSPS) is 10.3. The van der Waals surface area contributed by atoms with Gasteiger partial charge in [-0.05, 0) is 49.2 Å². The van der Waals surface area contributed by atoms with Crippen molar-refractivity contribution in [1.82, 2.24) is 0 Å². The number of hydrogen-bond donors (Lipinski definition) is 2. The summed E-state index contributed by atoms with van der Waals surface area (Å²) in [6.45, 7) is 3.77. The molecule has 0 atom stereocenters. The van der Waals surface area contributed by atoms with Gasteiger partial charge < -0.3 is 10.4 Å². The summed E-state index contributed by atoms with van der Waals surface area (Å²) in [5, 5.41) is 12.6.